The number of nitrogens with zero attached hydrogens (tertiary/aromatic N) is 2. The van der Waals surface area contributed by atoms with E-state index in [1.807, 2.05) is 24.5 Å². The highest BCUT2D eigenvalue weighted by Crippen LogP contribution is 2.20. The molecule has 0 bridgehead atoms. The number of benzene rings is 2. The van der Waals surface area contributed by atoms with Crippen molar-refractivity contribution in [3.05, 3.63) is 96.7 Å². The molecule has 0 amide bonds. The summed E-state index contributed by atoms with van der Waals surface area (Å²) in [6.45, 7) is 5.78. The first kappa shape index (κ1) is 15.4. The first-order valence-electron chi connectivity index (χ1n) is 7.79. The third-order valence-corrected chi connectivity index (χ3v) is 3.87. The molecule has 0 aliphatic heterocycles. The molecule has 0 unspecified atom stereocenters. The van der Waals surface area contributed by atoms with Gasteiger partial charge in [0.05, 0.1) is 0 Å². The second kappa shape index (κ2) is 7.21. The van der Waals surface area contributed by atoms with Crippen LogP contribution in [0.5, 0.6) is 0 Å². The zero-order chi connectivity index (χ0) is 16.1. The summed E-state index contributed by atoms with van der Waals surface area (Å²) in [5.41, 5.74) is 6.12. The molecule has 1 radical (unpaired) electrons. The van der Waals surface area contributed by atoms with Gasteiger partial charge >= 0.3 is 0 Å². The Morgan fingerprint density at radius 2 is 1.52 bits per heavy atom. The first-order valence-corrected chi connectivity index (χ1v) is 7.79. The normalized spacial score (nSPS) is 10.9. The molecule has 0 N–H and O–H groups in total. The summed E-state index contributed by atoms with van der Waals surface area (Å²) in [5.74, 6) is 0. The van der Waals surface area contributed by atoms with E-state index in [2.05, 4.69) is 72.4 Å². The Kier molecular flexibility index (Phi) is 4.84. The lowest BCUT2D eigenvalue weighted by Gasteiger charge is -2.17. The van der Waals surface area contributed by atoms with Crippen molar-refractivity contribution >= 4 is 0 Å². The highest BCUT2D eigenvalue weighted by Gasteiger charge is 2.04. The van der Waals surface area contributed by atoms with E-state index in [0.717, 1.165) is 18.7 Å². The van der Waals surface area contributed by atoms with E-state index >= 15 is 0 Å². The van der Waals surface area contributed by atoms with Crippen LogP contribution in [0, 0.1) is 6.92 Å². The van der Waals surface area contributed by atoms with Crippen LogP contribution in [0.15, 0.2) is 73.1 Å². The first-order chi connectivity index (χ1) is 11.2. The summed E-state index contributed by atoms with van der Waals surface area (Å²) in [4.78, 5) is 6.41. The standard InChI is InChI=1S/C21H21N2/c1-17-6-8-18(9-7-17)15-23(2)16-19-4-3-5-21(14-19)20-10-12-22-13-11-20/h3-14H,1,15-16H2,2H3. The molecule has 0 fully saturated rings. The van der Waals surface area contributed by atoms with Crippen molar-refractivity contribution in [2.75, 3.05) is 7.05 Å². The Labute approximate surface area is 138 Å². The molecule has 0 atom stereocenters. The fourth-order valence-electron chi connectivity index (χ4n) is 2.72. The fraction of sp³-hybridized carbons (Fsp3) is 0.143. The highest BCUT2D eigenvalue weighted by atomic mass is 15.1. The largest absolute Gasteiger partial charge is 0.298 e. The van der Waals surface area contributed by atoms with Gasteiger partial charge < -0.3 is 0 Å². The molecule has 0 aliphatic rings. The Hall–Kier alpha value is -2.45. The van der Waals surface area contributed by atoms with Gasteiger partial charge in [-0.2, -0.15) is 0 Å². The predicted octanol–water partition coefficient (Wildman–Crippen LogP) is 4.56. The SMILES string of the molecule is [CH2]c1ccc(CN(C)Cc2cccc(-c3ccncc3)c2)cc1. The second-order valence-electron chi connectivity index (χ2n) is 5.93. The van der Waals surface area contributed by atoms with Crippen molar-refractivity contribution in [3.8, 4) is 11.1 Å². The van der Waals surface area contributed by atoms with Crippen LogP contribution < -0.4 is 0 Å². The Morgan fingerprint density at radius 1 is 0.826 bits per heavy atom. The summed E-state index contributed by atoms with van der Waals surface area (Å²) in [6, 6.07) is 21.2. The Morgan fingerprint density at radius 3 is 2.26 bits per heavy atom. The third-order valence-electron chi connectivity index (χ3n) is 3.87. The number of aromatic nitrogens is 1. The maximum absolute atomic E-state index is 4.08. The summed E-state index contributed by atoms with van der Waals surface area (Å²) < 4.78 is 0. The smallest absolute Gasteiger partial charge is 0.0273 e. The van der Waals surface area contributed by atoms with Gasteiger partial charge in [-0.15, -0.1) is 0 Å². The van der Waals surface area contributed by atoms with Crippen LogP contribution in [-0.2, 0) is 13.1 Å². The lowest BCUT2D eigenvalue weighted by Crippen LogP contribution is -2.17. The van der Waals surface area contributed by atoms with Gasteiger partial charge in [0.25, 0.3) is 0 Å². The van der Waals surface area contributed by atoms with Crippen LogP contribution in [-0.4, -0.2) is 16.9 Å². The minimum absolute atomic E-state index is 0.922. The van der Waals surface area contributed by atoms with Gasteiger partial charge in [0.15, 0.2) is 0 Å². The zero-order valence-electron chi connectivity index (χ0n) is 13.4. The summed E-state index contributed by atoms with van der Waals surface area (Å²) in [7, 11) is 2.15. The predicted molar refractivity (Wildman–Crippen MR) is 95.7 cm³/mol. The number of pyridine rings is 1. The molecule has 1 heterocycles. The monoisotopic (exact) mass is 301 g/mol. The lowest BCUT2D eigenvalue weighted by atomic mass is 10.0. The van der Waals surface area contributed by atoms with Crippen molar-refractivity contribution < 1.29 is 0 Å². The number of hydrogen-bond donors (Lipinski definition) is 0. The summed E-state index contributed by atoms with van der Waals surface area (Å²) >= 11 is 0. The second-order valence-corrected chi connectivity index (χ2v) is 5.93. The Bertz CT molecular complexity index is 748. The average Bonchev–Trinajstić information content (AvgIpc) is 2.58. The number of rotatable bonds is 5. The van der Waals surface area contributed by atoms with Gasteiger partial charge in [0.1, 0.15) is 0 Å². The van der Waals surface area contributed by atoms with Gasteiger partial charge in [0.2, 0.25) is 0 Å². The van der Waals surface area contributed by atoms with E-state index < -0.39 is 0 Å². The molecule has 115 valence electrons. The molecular weight excluding hydrogens is 280 g/mol. The number of hydrogen-bond acceptors (Lipinski definition) is 2. The molecular formula is C21H21N2. The summed E-state index contributed by atoms with van der Waals surface area (Å²) in [5, 5.41) is 0. The summed E-state index contributed by atoms with van der Waals surface area (Å²) in [6.07, 6.45) is 3.67. The molecule has 3 aromatic rings. The van der Waals surface area contributed by atoms with Crippen LogP contribution >= 0.6 is 0 Å². The fourth-order valence-corrected chi connectivity index (χ4v) is 2.72. The van der Waals surface area contributed by atoms with E-state index in [4.69, 9.17) is 0 Å². The molecule has 0 aliphatic carbocycles. The molecule has 23 heavy (non-hydrogen) atoms. The van der Waals surface area contributed by atoms with Crippen LogP contribution in [0.1, 0.15) is 16.7 Å². The van der Waals surface area contributed by atoms with Gasteiger partial charge in [0, 0.05) is 25.5 Å². The van der Waals surface area contributed by atoms with Crippen LogP contribution in [0.2, 0.25) is 0 Å². The molecule has 0 spiro atoms. The van der Waals surface area contributed by atoms with E-state index in [0.29, 0.717) is 0 Å². The van der Waals surface area contributed by atoms with Crippen LogP contribution in [0.3, 0.4) is 0 Å². The molecule has 2 heteroatoms. The molecule has 0 saturated carbocycles. The van der Waals surface area contributed by atoms with Crippen molar-refractivity contribution in [1.29, 1.82) is 0 Å². The van der Waals surface area contributed by atoms with Crippen molar-refractivity contribution in [1.82, 2.24) is 9.88 Å². The topological polar surface area (TPSA) is 16.1 Å². The maximum Gasteiger partial charge on any atom is 0.0273 e. The van der Waals surface area contributed by atoms with Crippen LogP contribution in [0.4, 0.5) is 0 Å². The van der Waals surface area contributed by atoms with Gasteiger partial charge in [-0.05, 0) is 60.0 Å². The maximum atomic E-state index is 4.08. The molecule has 1 aromatic heterocycles. The minimum Gasteiger partial charge on any atom is -0.298 e. The van der Waals surface area contributed by atoms with E-state index in [1.165, 1.54) is 22.3 Å². The molecule has 0 saturated heterocycles. The molecule has 2 nitrogen and oxygen atoms in total. The quantitative estimate of drug-likeness (QED) is 0.686. The molecule has 2 aromatic carbocycles. The lowest BCUT2D eigenvalue weighted by molar-refractivity contribution is 0.319. The Balaban J connectivity index is 1.69. The van der Waals surface area contributed by atoms with Crippen molar-refractivity contribution in [3.63, 3.8) is 0 Å². The zero-order valence-corrected chi connectivity index (χ0v) is 13.4. The van der Waals surface area contributed by atoms with Crippen molar-refractivity contribution in [2.45, 2.75) is 13.1 Å². The van der Waals surface area contributed by atoms with E-state index in [9.17, 15) is 0 Å². The van der Waals surface area contributed by atoms with Crippen molar-refractivity contribution in [2.24, 2.45) is 0 Å². The van der Waals surface area contributed by atoms with E-state index in [-0.39, 0.29) is 0 Å². The van der Waals surface area contributed by atoms with Gasteiger partial charge in [-0.25, -0.2) is 0 Å². The minimum atomic E-state index is 0.922. The van der Waals surface area contributed by atoms with Gasteiger partial charge in [-0.3, -0.25) is 9.88 Å². The average molecular weight is 301 g/mol. The highest BCUT2D eigenvalue weighted by molar-refractivity contribution is 5.63. The van der Waals surface area contributed by atoms with Gasteiger partial charge in [-0.1, -0.05) is 42.5 Å². The van der Waals surface area contributed by atoms with E-state index in [1.54, 1.807) is 0 Å². The molecule has 3 rings (SSSR count). The third kappa shape index (κ3) is 4.27. The van der Waals surface area contributed by atoms with Crippen LogP contribution in [0.25, 0.3) is 11.1 Å².